The molecule has 0 aromatic rings. The second-order valence-corrected chi connectivity index (χ2v) is 6.46. The van der Waals surface area contributed by atoms with Crippen LogP contribution < -0.4 is 5.32 Å². The van der Waals surface area contributed by atoms with Crippen LogP contribution in [0.5, 0.6) is 0 Å². The van der Waals surface area contributed by atoms with Crippen LogP contribution in [0, 0.1) is 28.6 Å². The molecular formula is C15H29N3. The molecule has 0 bridgehead atoms. The Morgan fingerprint density at radius 1 is 1.50 bits per heavy atom. The summed E-state index contributed by atoms with van der Waals surface area (Å²) in [6.07, 6.45) is 3.60. The Kier molecular flexibility index (Phi) is 6.11. The lowest BCUT2D eigenvalue weighted by Crippen LogP contribution is -2.44. The molecule has 1 rings (SSSR count). The van der Waals surface area contributed by atoms with Crippen LogP contribution in [0.3, 0.4) is 0 Å². The zero-order chi connectivity index (χ0) is 13.6. The molecule has 0 aliphatic carbocycles. The molecule has 104 valence electrons. The number of likely N-dealkylation sites (tertiary alicyclic amines) is 1. The number of nitrogens with zero attached hydrogens (tertiary/aromatic N) is 2. The van der Waals surface area contributed by atoms with Crippen molar-refractivity contribution in [2.24, 2.45) is 17.3 Å². The molecule has 1 aliphatic rings. The maximum atomic E-state index is 8.94. The predicted octanol–water partition coefficient (Wildman–Crippen LogP) is 2.49. The first-order valence-corrected chi connectivity index (χ1v) is 7.28. The summed E-state index contributed by atoms with van der Waals surface area (Å²) in [5.74, 6) is 0.931. The van der Waals surface area contributed by atoms with Gasteiger partial charge in [0.15, 0.2) is 0 Å². The third-order valence-corrected chi connectivity index (χ3v) is 4.38. The summed E-state index contributed by atoms with van der Waals surface area (Å²) in [7, 11) is 2.22. The highest BCUT2D eigenvalue weighted by Gasteiger charge is 2.31. The maximum absolute atomic E-state index is 8.94. The lowest BCUT2D eigenvalue weighted by atomic mass is 9.74. The summed E-state index contributed by atoms with van der Waals surface area (Å²) in [5.41, 5.74) is 0.322. The number of nitriles is 1. The lowest BCUT2D eigenvalue weighted by Gasteiger charge is -2.40. The van der Waals surface area contributed by atoms with E-state index in [1.165, 1.54) is 25.9 Å². The lowest BCUT2D eigenvalue weighted by molar-refractivity contribution is 0.102. The Bertz CT molecular complexity index is 280. The molecule has 1 aliphatic heterocycles. The smallest absolute Gasteiger partial charge is 0.0669 e. The van der Waals surface area contributed by atoms with E-state index in [0.717, 1.165) is 25.4 Å². The molecule has 0 saturated carbocycles. The molecule has 0 aromatic heterocycles. The van der Waals surface area contributed by atoms with Gasteiger partial charge in [-0.05, 0) is 44.2 Å². The monoisotopic (exact) mass is 251 g/mol. The fraction of sp³-hybridized carbons (Fsp3) is 0.933. The summed E-state index contributed by atoms with van der Waals surface area (Å²) in [4.78, 5) is 2.44. The molecule has 18 heavy (non-hydrogen) atoms. The van der Waals surface area contributed by atoms with Gasteiger partial charge in [0.1, 0.15) is 0 Å². The molecule has 3 heteroatoms. The van der Waals surface area contributed by atoms with Crippen molar-refractivity contribution in [3.05, 3.63) is 0 Å². The van der Waals surface area contributed by atoms with Crippen molar-refractivity contribution in [2.45, 2.75) is 40.0 Å². The van der Waals surface area contributed by atoms with Crippen molar-refractivity contribution in [2.75, 3.05) is 33.2 Å². The molecule has 2 unspecified atom stereocenters. The Hall–Kier alpha value is -0.590. The zero-order valence-corrected chi connectivity index (χ0v) is 12.5. The van der Waals surface area contributed by atoms with Crippen LogP contribution in [0.25, 0.3) is 0 Å². The van der Waals surface area contributed by atoms with Crippen LogP contribution in [-0.4, -0.2) is 38.1 Å². The second-order valence-electron chi connectivity index (χ2n) is 6.46. The van der Waals surface area contributed by atoms with Crippen LogP contribution in [0.4, 0.5) is 0 Å². The summed E-state index contributed by atoms with van der Waals surface area (Å²) in [6, 6.07) is 2.35. The molecule has 3 nitrogen and oxygen atoms in total. The quantitative estimate of drug-likeness (QED) is 0.788. The van der Waals surface area contributed by atoms with E-state index in [0.29, 0.717) is 5.41 Å². The number of hydrogen-bond acceptors (Lipinski definition) is 3. The fourth-order valence-electron chi connectivity index (χ4n) is 2.80. The highest BCUT2D eigenvalue weighted by molar-refractivity contribution is 4.87. The molecule has 0 aromatic carbocycles. The largest absolute Gasteiger partial charge is 0.315 e. The minimum absolute atomic E-state index is 0.162. The summed E-state index contributed by atoms with van der Waals surface area (Å²) in [5, 5.41) is 12.4. The van der Waals surface area contributed by atoms with Crippen LogP contribution >= 0.6 is 0 Å². The normalized spacial score (nSPS) is 23.6. The molecule has 1 fully saturated rings. The summed E-state index contributed by atoms with van der Waals surface area (Å²) >= 11 is 0. The number of hydrogen-bond donors (Lipinski definition) is 1. The second kappa shape index (κ2) is 7.11. The molecule has 1 heterocycles. The van der Waals surface area contributed by atoms with Crippen molar-refractivity contribution < 1.29 is 0 Å². The van der Waals surface area contributed by atoms with Crippen LogP contribution in [0.15, 0.2) is 0 Å². The molecule has 1 saturated heterocycles. The van der Waals surface area contributed by atoms with Gasteiger partial charge in [-0.2, -0.15) is 5.26 Å². The van der Waals surface area contributed by atoms with Gasteiger partial charge in [0.05, 0.1) is 12.0 Å². The van der Waals surface area contributed by atoms with Crippen LogP contribution in [-0.2, 0) is 0 Å². The average Bonchev–Trinajstić information content (AvgIpc) is 2.34. The van der Waals surface area contributed by atoms with Gasteiger partial charge in [-0.3, -0.25) is 0 Å². The van der Waals surface area contributed by atoms with E-state index < -0.39 is 0 Å². The Labute approximate surface area is 113 Å². The van der Waals surface area contributed by atoms with Gasteiger partial charge in [-0.25, -0.2) is 0 Å². The number of nitrogens with one attached hydrogen (secondary N) is 1. The van der Waals surface area contributed by atoms with Gasteiger partial charge in [-0.15, -0.1) is 0 Å². The zero-order valence-electron chi connectivity index (χ0n) is 12.5. The third-order valence-electron chi connectivity index (χ3n) is 4.38. The SMILES string of the molecule is CCC(C#N)CNCC(C)(C)C1CCCN(C)C1. The van der Waals surface area contributed by atoms with Gasteiger partial charge in [0.2, 0.25) is 0 Å². The molecule has 0 radical (unpaired) electrons. The van der Waals surface area contributed by atoms with E-state index in [4.69, 9.17) is 5.26 Å². The Morgan fingerprint density at radius 2 is 2.22 bits per heavy atom. The van der Waals surface area contributed by atoms with Crippen molar-refractivity contribution in [1.82, 2.24) is 10.2 Å². The van der Waals surface area contributed by atoms with Crippen molar-refractivity contribution in [3.8, 4) is 6.07 Å². The first-order chi connectivity index (χ1) is 8.49. The maximum Gasteiger partial charge on any atom is 0.0669 e. The van der Waals surface area contributed by atoms with Gasteiger partial charge < -0.3 is 10.2 Å². The minimum Gasteiger partial charge on any atom is -0.315 e. The highest BCUT2D eigenvalue weighted by Crippen LogP contribution is 2.32. The minimum atomic E-state index is 0.162. The van der Waals surface area contributed by atoms with E-state index in [1.54, 1.807) is 0 Å². The molecule has 1 N–H and O–H groups in total. The first-order valence-electron chi connectivity index (χ1n) is 7.28. The van der Waals surface area contributed by atoms with Crippen molar-refractivity contribution in [1.29, 1.82) is 5.26 Å². The van der Waals surface area contributed by atoms with Crippen LogP contribution in [0.2, 0.25) is 0 Å². The van der Waals surface area contributed by atoms with Gasteiger partial charge in [0.25, 0.3) is 0 Å². The molecule has 0 spiro atoms. The average molecular weight is 251 g/mol. The molecule has 2 atom stereocenters. The van der Waals surface area contributed by atoms with E-state index >= 15 is 0 Å². The fourth-order valence-corrected chi connectivity index (χ4v) is 2.80. The van der Waals surface area contributed by atoms with E-state index in [1.807, 2.05) is 0 Å². The topological polar surface area (TPSA) is 39.1 Å². The number of piperidine rings is 1. The van der Waals surface area contributed by atoms with Gasteiger partial charge >= 0.3 is 0 Å². The first kappa shape index (κ1) is 15.5. The summed E-state index contributed by atoms with van der Waals surface area (Å²) in [6.45, 7) is 11.1. The molecule has 0 amide bonds. The Morgan fingerprint density at radius 3 is 2.78 bits per heavy atom. The Balaban J connectivity index is 2.37. The predicted molar refractivity (Wildman–Crippen MR) is 76.3 cm³/mol. The van der Waals surface area contributed by atoms with E-state index in [9.17, 15) is 0 Å². The van der Waals surface area contributed by atoms with Crippen molar-refractivity contribution >= 4 is 0 Å². The van der Waals surface area contributed by atoms with E-state index in [2.05, 4.69) is 44.1 Å². The van der Waals surface area contributed by atoms with E-state index in [-0.39, 0.29) is 5.92 Å². The summed E-state index contributed by atoms with van der Waals surface area (Å²) < 4.78 is 0. The van der Waals surface area contributed by atoms with Gasteiger partial charge in [0, 0.05) is 19.6 Å². The van der Waals surface area contributed by atoms with Gasteiger partial charge in [-0.1, -0.05) is 20.8 Å². The third kappa shape index (κ3) is 4.59. The standard InChI is InChI=1S/C15H29N3/c1-5-13(9-16)10-17-12-15(2,3)14-7-6-8-18(4)11-14/h13-14,17H,5-8,10-12H2,1-4H3. The molecular weight excluding hydrogens is 222 g/mol. The highest BCUT2D eigenvalue weighted by atomic mass is 15.1. The van der Waals surface area contributed by atoms with Crippen molar-refractivity contribution in [3.63, 3.8) is 0 Å². The number of rotatable bonds is 6. The van der Waals surface area contributed by atoms with Crippen LogP contribution in [0.1, 0.15) is 40.0 Å².